The number of nitro benzene ring substituents is 1. The van der Waals surface area contributed by atoms with E-state index in [4.69, 9.17) is 0 Å². The molecule has 2 aromatic carbocycles. The van der Waals surface area contributed by atoms with Crippen LogP contribution in [0.2, 0.25) is 0 Å². The molecule has 0 radical (unpaired) electrons. The van der Waals surface area contributed by atoms with Gasteiger partial charge < -0.3 is 5.32 Å². The molecule has 2 atom stereocenters. The highest BCUT2D eigenvalue weighted by Gasteiger charge is 2.31. The lowest BCUT2D eigenvalue weighted by Gasteiger charge is -2.21. The molecule has 1 heterocycles. The maximum atomic E-state index is 13.2. The summed E-state index contributed by atoms with van der Waals surface area (Å²) in [5, 5.41) is 13.8. The quantitative estimate of drug-likeness (QED) is 0.281. The molecular formula is C22H19N3O5. The molecule has 0 saturated carbocycles. The van der Waals surface area contributed by atoms with E-state index in [2.05, 4.69) is 5.32 Å². The second kappa shape index (κ2) is 8.95. The second-order valence-electron chi connectivity index (χ2n) is 6.66. The van der Waals surface area contributed by atoms with Crippen LogP contribution in [0, 0.1) is 10.1 Å². The molecule has 0 saturated heterocycles. The van der Waals surface area contributed by atoms with Crippen molar-refractivity contribution < 1.29 is 14.5 Å². The smallest absolute Gasteiger partial charge is 0.270 e. The van der Waals surface area contributed by atoms with Crippen molar-refractivity contribution in [2.45, 2.75) is 19.0 Å². The lowest BCUT2D eigenvalue weighted by molar-refractivity contribution is -0.384. The molecule has 152 valence electrons. The zero-order chi connectivity index (χ0) is 21.7. The topological polar surface area (TPSA) is 111 Å². The Morgan fingerprint density at radius 2 is 1.70 bits per heavy atom. The molecule has 0 bridgehead atoms. The molecule has 1 amide bonds. The predicted octanol–water partition coefficient (Wildman–Crippen LogP) is 3.06. The van der Waals surface area contributed by atoms with Crippen LogP contribution in [-0.2, 0) is 4.79 Å². The van der Waals surface area contributed by atoms with E-state index in [9.17, 15) is 24.5 Å². The molecule has 1 N–H and O–H groups in total. The number of benzene rings is 2. The summed E-state index contributed by atoms with van der Waals surface area (Å²) in [5.74, 6) is -1.40. The van der Waals surface area contributed by atoms with Gasteiger partial charge in [-0.2, -0.15) is 0 Å². The Labute approximate surface area is 171 Å². The molecule has 0 unspecified atom stereocenters. The molecule has 3 rings (SSSR count). The fraction of sp³-hybridized carbons (Fsp3) is 0.136. The van der Waals surface area contributed by atoms with Crippen molar-refractivity contribution in [1.29, 1.82) is 0 Å². The average Bonchev–Trinajstić information content (AvgIpc) is 2.75. The van der Waals surface area contributed by atoms with E-state index in [-0.39, 0.29) is 11.3 Å². The van der Waals surface area contributed by atoms with Gasteiger partial charge in [0.1, 0.15) is 0 Å². The number of amides is 1. The number of pyridine rings is 1. The number of nitro groups is 1. The van der Waals surface area contributed by atoms with Crippen LogP contribution in [0.3, 0.4) is 0 Å². The molecule has 8 nitrogen and oxygen atoms in total. The van der Waals surface area contributed by atoms with Crippen molar-refractivity contribution in [2.24, 2.45) is 0 Å². The van der Waals surface area contributed by atoms with E-state index in [1.807, 2.05) is 30.3 Å². The monoisotopic (exact) mass is 405 g/mol. The molecule has 30 heavy (non-hydrogen) atoms. The highest BCUT2D eigenvalue weighted by molar-refractivity contribution is 6.12. The fourth-order valence-corrected chi connectivity index (χ4v) is 3.07. The van der Waals surface area contributed by atoms with E-state index >= 15 is 0 Å². The summed E-state index contributed by atoms with van der Waals surface area (Å²) in [6, 6.07) is 16.6. The third kappa shape index (κ3) is 4.49. The number of hydrogen-bond acceptors (Lipinski definition) is 5. The van der Waals surface area contributed by atoms with E-state index < -0.39 is 34.3 Å². The number of rotatable bonds is 7. The van der Waals surface area contributed by atoms with Gasteiger partial charge in [-0.1, -0.05) is 48.5 Å². The van der Waals surface area contributed by atoms with Crippen LogP contribution < -0.4 is 10.9 Å². The van der Waals surface area contributed by atoms with Crippen LogP contribution in [0.4, 0.5) is 5.69 Å². The Balaban J connectivity index is 1.99. The summed E-state index contributed by atoms with van der Waals surface area (Å²) in [5.41, 5.74) is -0.0258. The number of hydrogen-bond donors (Lipinski definition) is 1. The summed E-state index contributed by atoms with van der Waals surface area (Å²) in [7, 11) is 0. The normalized spacial score (nSPS) is 12.6. The minimum absolute atomic E-state index is 0.0348. The maximum Gasteiger partial charge on any atom is 0.270 e. The second-order valence-corrected chi connectivity index (χ2v) is 6.66. The Morgan fingerprint density at radius 3 is 2.37 bits per heavy atom. The predicted molar refractivity (Wildman–Crippen MR) is 110 cm³/mol. The first kappa shape index (κ1) is 20.7. The number of ketones is 1. The lowest BCUT2D eigenvalue weighted by atomic mass is 10.0. The zero-order valence-corrected chi connectivity index (χ0v) is 16.1. The number of carbonyl (C=O) groups is 2. The van der Waals surface area contributed by atoms with E-state index in [1.165, 1.54) is 42.6 Å². The van der Waals surface area contributed by atoms with Gasteiger partial charge >= 0.3 is 0 Å². The molecule has 8 heteroatoms. The van der Waals surface area contributed by atoms with Crippen LogP contribution in [0.15, 0.2) is 83.8 Å². The lowest BCUT2D eigenvalue weighted by Crippen LogP contribution is -2.42. The summed E-state index contributed by atoms with van der Waals surface area (Å²) in [6.07, 6.45) is 1.34. The minimum Gasteiger partial charge on any atom is -0.347 e. The van der Waals surface area contributed by atoms with Gasteiger partial charge in [0.15, 0.2) is 11.8 Å². The number of Topliss-reactive ketones (excluding diaryl/α,β-unsaturated/α-hetero) is 1. The van der Waals surface area contributed by atoms with Crippen LogP contribution in [0.5, 0.6) is 0 Å². The van der Waals surface area contributed by atoms with Crippen molar-refractivity contribution in [3.05, 3.63) is 111 Å². The number of nitrogens with zero attached hydrogens (tertiary/aromatic N) is 2. The van der Waals surface area contributed by atoms with Gasteiger partial charge in [-0.25, -0.2) is 0 Å². The van der Waals surface area contributed by atoms with Crippen molar-refractivity contribution in [1.82, 2.24) is 9.88 Å². The van der Waals surface area contributed by atoms with Crippen molar-refractivity contribution >= 4 is 17.4 Å². The molecule has 0 aliphatic rings. The standard InChI is InChI=1S/C22H19N3O5/c1-15(16-8-3-2-4-9-16)23-22(28)20(24-13-6-5-12-19(24)26)21(27)17-10-7-11-18(14-17)25(29)30/h2-15,20H,1H3,(H,23,28)/t15-,20+/m1/s1. The first-order chi connectivity index (χ1) is 14.4. The van der Waals surface area contributed by atoms with Gasteiger partial charge in [0, 0.05) is 30.0 Å². The van der Waals surface area contributed by atoms with Gasteiger partial charge in [-0.05, 0) is 18.6 Å². The number of aromatic nitrogens is 1. The minimum atomic E-state index is -1.51. The molecular weight excluding hydrogens is 386 g/mol. The molecule has 3 aromatic rings. The first-order valence-corrected chi connectivity index (χ1v) is 9.19. The highest BCUT2D eigenvalue weighted by Crippen LogP contribution is 2.20. The van der Waals surface area contributed by atoms with Gasteiger partial charge in [-0.3, -0.25) is 29.1 Å². The molecule has 0 aliphatic carbocycles. The summed E-state index contributed by atoms with van der Waals surface area (Å²) in [4.78, 5) is 49.1. The maximum absolute atomic E-state index is 13.2. The zero-order valence-electron chi connectivity index (χ0n) is 16.1. The largest absolute Gasteiger partial charge is 0.347 e. The van der Waals surface area contributed by atoms with Crippen molar-refractivity contribution in [3.8, 4) is 0 Å². The van der Waals surface area contributed by atoms with Crippen LogP contribution in [-0.4, -0.2) is 21.2 Å². The average molecular weight is 405 g/mol. The van der Waals surface area contributed by atoms with Crippen LogP contribution in [0.1, 0.15) is 34.9 Å². The third-order valence-corrected chi connectivity index (χ3v) is 4.63. The van der Waals surface area contributed by atoms with Gasteiger partial charge in [0.25, 0.3) is 17.2 Å². The highest BCUT2D eigenvalue weighted by atomic mass is 16.6. The Bertz CT molecular complexity index is 1140. The van der Waals surface area contributed by atoms with Crippen LogP contribution >= 0.6 is 0 Å². The van der Waals surface area contributed by atoms with Crippen molar-refractivity contribution in [2.75, 3.05) is 0 Å². The number of carbonyl (C=O) groups excluding carboxylic acids is 2. The van der Waals surface area contributed by atoms with E-state index in [1.54, 1.807) is 6.92 Å². The summed E-state index contributed by atoms with van der Waals surface area (Å²) >= 11 is 0. The Morgan fingerprint density at radius 1 is 1.00 bits per heavy atom. The molecule has 0 aliphatic heterocycles. The van der Waals surface area contributed by atoms with Gasteiger partial charge in [0.2, 0.25) is 0 Å². The van der Waals surface area contributed by atoms with E-state index in [0.717, 1.165) is 16.2 Å². The van der Waals surface area contributed by atoms with Crippen molar-refractivity contribution in [3.63, 3.8) is 0 Å². The van der Waals surface area contributed by atoms with Gasteiger partial charge in [0.05, 0.1) is 11.0 Å². The molecule has 1 aromatic heterocycles. The van der Waals surface area contributed by atoms with Gasteiger partial charge in [-0.15, -0.1) is 0 Å². The summed E-state index contributed by atoms with van der Waals surface area (Å²) < 4.78 is 1.02. The molecule has 0 spiro atoms. The number of non-ortho nitro benzene ring substituents is 1. The molecule has 0 fully saturated rings. The Hall–Kier alpha value is -4.07. The third-order valence-electron chi connectivity index (χ3n) is 4.63. The first-order valence-electron chi connectivity index (χ1n) is 9.19. The number of nitrogens with one attached hydrogen (secondary N) is 1. The summed E-state index contributed by atoms with van der Waals surface area (Å²) in [6.45, 7) is 1.76. The SMILES string of the molecule is C[C@@H](NC(=O)[C@H](C(=O)c1cccc([N+](=O)[O-])c1)n1ccccc1=O)c1ccccc1. The van der Waals surface area contributed by atoms with Crippen LogP contribution in [0.25, 0.3) is 0 Å². The Kier molecular flexibility index (Phi) is 6.17. The van der Waals surface area contributed by atoms with E-state index in [0.29, 0.717) is 0 Å². The fourth-order valence-electron chi connectivity index (χ4n) is 3.07.